The predicted molar refractivity (Wildman–Crippen MR) is 47.1 cm³/mol. The summed E-state index contributed by atoms with van der Waals surface area (Å²) in [4.78, 5) is 26.4. The number of carbonyl (C=O) groups excluding carboxylic acids is 2. The van der Waals surface area contributed by atoms with Crippen molar-refractivity contribution in [1.82, 2.24) is 4.90 Å². The number of nitrogens with two attached hydrogens (primary N) is 1. The Labute approximate surface area is 74.0 Å². The zero-order valence-electron chi connectivity index (χ0n) is 6.61. The van der Waals surface area contributed by atoms with Crippen molar-refractivity contribution in [2.45, 2.75) is 0 Å². The molecular formula is C6H9N3O2S. The molecule has 2 amide bonds. The van der Waals surface area contributed by atoms with Gasteiger partial charge in [0.1, 0.15) is 5.84 Å². The number of primary amides is 1. The molecular weight excluding hydrogens is 178 g/mol. The third-order valence-corrected chi connectivity index (χ3v) is 2.12. The van der Waals surface area contributed by atoms with Crippen LogP contribution >= 0.6 is 11.8 Å². The van der Waals surface area contributed by atoms with Crippen LogP contribution in [0.4, 0.5) is 4.79 Å². The maximum Gasteiger partial charge on any atom is 0.306 e. The minimum Gasteiger partial charge on any atom is -0.368 e. The zero-order chi connectivity index (χ0) is 9.14. The van der Waals surface area contributed by atoms with Crippen LogP contribution in [-0.2, 0) is 4.79 Å². The van der Waals surface area contributed by atoms with Crippen LogP contribution in [0.3, 0.4) is 0 Å². The molecule has 66 valence electrons. The van der Waals surface area contributed by atoms with E-state index >= 15 is 0 Å². The Bertz CT molecular complexity index is 251. The number of hydrogen-bond donors (Lipinski definition) is 1. The Morgan fingerprint density at radius 1 is 1.83 bits per heavy atom. The van der Waals surface area contributed by atoms with E-state index in [9.17, 15) is 9.59 Å². The quantitative estimate of drug-likeness (QED) is 0.642. The average Bonchev–Trinajstić information content (AvgIpc) is 2.34. The maximum atomic E-state index is 10.7. The van der Waals surface area contributed by atoms with Gasteiger partial charge in [-0.1, -0.05) is 11.8 Å². The number of hydrogen-bond acceptors (Lipinski definition) is 4. The minimum atomic E-state index is -0.426. The van der Waals surface area contributed by atoms with Crippen LogP contribution in [0.25, 0.3) is 0 Å². The van der Waals surface area contributed by atoms with E-state index in [1.807, 2.05) is 0 Å². The van der Waals surface area contributed by atoms with E-state index in [0.29, 0.717) is 11.6 Å². The number of aliphatic imine (C=N–C) groups is 1. The monoisotopic (exact) mass is 187 g/mol. The third-order valence-electron chi connectivity index (χ3n) is 1.38. The second-order valence-corrected chi connectivity index (χ2v) is 3.33. The van der Waals surface area contributed by atoms with Crippen LogP contribution in [-0.4, -0.2) is 41.2 Å². The largest absolute Gasteiger partial charge is 0.368 e. The molecule has 0 atom stereocenters. The first-order valence-corrected chi connectivity index (χ1v) is 4.32. The highest BCUT2D eigenvalue weighted by Crippen LogP contribution is 2.14. The highest BCUT2D eigenvalue weighted by molar-refractivity contribution is 8.14. The first kappa shape index (κ1) is 9.05. The SMILES string of the molecule is CN(CC(N)=O)C1=NC(=O)SC1. The molecule has 0 spiro atoms. The van der Waals surface area contributed by atoms with Crippen LogP contribution in [0.2, 0.25) is 0 Å². The van der Waals surface area contributed by atoms with Gasteiger partial charge >= 0.3 is 5.24 Å². The van der Waals surface area contributed by atoms with Crippen LogP contribution in [0.15, 0.2) is 4.99 Å². The highest BCUT2D eigenvalue weighted by atomic mass is 32.2. The number of amidine groups is 1. The molecule has 1 rings (SSSR count). The summed E-state index contributed by atoms with van der Waals surface area (Å²) < 4.78 is 0. The Kier molecular flexibility index (Phi) is 2.69. The highest BCUT2D eigenvalue weighted by Gasteiger charge is 2.18. The van der Waals surface area contributed by atoms with E-state index in [1.165, 1.54) is 0 Å². The van der Waals surface area contributed by atoms with Crippen LogP contribution < -0.4 is 5.73 Å². The average molecular weight is 187 g/mol. The second kappa shape index (κ2) is 3.57. The Morgan fingerprint density at radius 2 is 2.50 bits per heavy atom. The lowest BCUT2D eigenvalue weighted by Gasteiger charge is -2.14. The Morgan fingerprint density at radius 3 is 2.92 bits per heavy atom. The van der Waals surface area contributed by atoms with E-state index in [2.05, 4.69) is 4.99 Å². The smallest absolute Gasteiger partial charge is 0.306 e. The number of likely N-dealkylation sites (N-methyl/N-ethyl adjacent to an activating group) is 1. The van der Waals surface area contributed by atoms with Gasteiger partial charge < -0.3 is 10.6 Å². The van der Waals surface area contributed by atoms with Gasteiger partial charge in [0.05, 0.1) is 12.3 Å². The van der Waals surface area contributed by atoms with Crippen molar-refractivity contribution in [2.24, 2.45) is 10.7 Å². The molecule has 0 saturated carbocycles. The van der Waals surface area contributed by atoms with E-state index < -0.39 is 5.91 Å². The summed E-state index contributed by atoms with van der Waals surface area (Å²) in [5.41, 5.74) is 4.97. The fourth-order valence-corrected chi connectivity index (χ4v) is 1.52. The van der Waals surface area contributed by atoms with Gasteiger partial charge in [0.25, 0.3) is 0 Å². The van der Waals surface area contributed by atoms with Crippen molar-refractivity contribution >= 4 is 28.7 Å². The van der Waals surface area contributed by atoms with E-state index in [1.54, 1.807) is 11.9 Å². The van der Waals surface area contributed by atoms with Crippen molar-refractivity contribution in [3.63, 3.8) is 0 Å². The van der Waals surface area contributed by atoms with Crippen molar-refractivity contribution in [2.75, 3.05) is 19.3 Å². The lowest BCUT2D eigenvalue weighted by atomic mass is 10.5. The maximum absolute atomic E-state index is 10.7. The van der Waals surface area contributed by atoms with Crippen molar-refractivity contribution < 1.29 is 9.59 Å². The summed E-state index contributed by atoms with van der Waals surface area (Å²) in [7, 11) is 1.68. The molecule has 12 heavy (non-hydrogen) atoms. The molecule has 0 aromatic carbocycles. The van der Waals surface area contributed by atoms with Crippen molar-refractivity contribution in [3.05, 3.63) is 0 Å². The molecule has 0 aromatic heterocycles. The Hall–Kier alpha value is -1.04. The molecule has 5 nitrogen and oxygen atoms in total. The van der Waals surface area contributed by atoms with E-state index in [4.69, 9.17) is 5.73 Å². The summed E-state index contributed by atoms with van der Waals surface area (Å²) in [6.45, 7) is 0.104. The molecule has 0 bridgehead atoms. The standard InChI is InChI=1S/C6H9N3O2S/c1-9(2-4(7)10)5-3-12-6(11)8-5/h2-3H2,1H3,(H2,7,10). The topological polar surface area (TPSA) is 75.8 Å². The van der Waals surface area contributed by atoms with Gasteiger partial charge in [-0.3, -0.25) is 9.59 Å². The van der Waals surface area contributed by atoms with Gasteiger partial charge in [0.2, 0.25) is 5.91 Å². The fourth-order valence-electron chi connectivity index (χ4n) is 0.817. The van der Waals surface area contributed by atoms with Gasteiger partial charge in [-0.25, -0.2) is 0 Å². The number of amides is 2. The van der Waals surface area contributed by atoms with E-state index in [0.717, 1.165) is 11.8 Å². The molecule has 0 radical (unpaired) electrons. The molecule has 0 unspecified atom stereocenters. The molecule has 1 heterocycles. The molecule has 2 N–H and O–H groups in total. The lowest BCUT2D eigenvalue weighted by molar-refractivity contribution is -0.118. The molecule has 1 aliphatic heterocycles. The van der Waals surface area contributed by atoms with Gasteiger partial charge in [-0.15, -0.1) is 0 Å². The fraction of sp³-hybridized carbons (Fsp3) is 0.500. The third kappa shape index (κ3) is 2.23. The van der Waals surface area contributed by atoms with Crippen LogP contribution in [0.5, 0.6) is 0 Å². The molecule has 0 aliphatic carbocycles. The van der Waals surface area contributed by atoms with Crippen LogP contribution in [0, 0.1) is 0 Å². The van der Waals surface area contributed by atoms with Crippen molar-refractivity contribution in [1.29, 1.82) is 0 Å². The van der Waals surface area contributed by atoms with Gasteiger partial charge in [-0.2, -0.15) is 4.99 Å². The number of rotatable bonds is 2. The Balaban J connectivity index is 2.53. The number of carbonyl (C=O) groups is 2. The summed E-state index contributed by atoms with van der Waals surface area (Å²) >= 11 is 1.12. The molecule has 6 heteroatoms. The first-order chi connectivity index (χ1) is 5.59. The minimum absolute atomic E-state index is 0.104. The molecule has 0 aromatic rings. The predicted octanol–water partition coefficient (Wildman–Crippen LogP) is -0.331. The second-order valence-electron chi connectivity index (χ2n) is 2.40. The van der Waals surface area contributed by atoms with Crippen molar-refractivity contribution in [3.8, 4) is 0 Å². The first-order valence-electron chi connectivity index (χ1n) is 3.33. The van der Waals surface area contributed by atoms with Gasteiger partial charge in [0.15, 0.2) is 0 Å². The van der Waals surface area contributed by atoms with Gasteiger partial charge in [0, 0.05) is 7.05 Å². The van der Waals surface area contributed by atoms with Gasteiger partial charge in [-0.05, 0) is 0 Å². The summed E-state index contributed by atoms with van der Waals surface area (Å²) in [5.74, 6) is 0.719. The zero-order valence-corrected chi connectivity index (χ0v) is 7.43. The van der Waals surface area contributed by atoms with Crippen LogP contribution in [0.1, 0.15) is 0 Å². The molecule has 0 fully saturated rings. The number of thioether (sulfide) groups is 1. The summed E-state index contributed by atoms with van der Waals surface area (Å²) in [6.07, 6.45) is 0. The summed E-state index contributed by atoms with van der Waals surface area (Å²) in [5, 5.41) is -0.207. The number of nitrogens with zero attached hydrogens (tertiary/aromatic N) is 2. The van der Waals surface area contributed by atoms with E-state index in [-0.39, 0.29) is 11.8 Å². The lowest BCUT2D eigenvalue weighted by Crippen LogP contribution is -2.35. The molecule has 1 aliphatic rings. The molecule has 0 saturated heterocycles. The normalized spacial score (nSPS) is 16.1. The summed E-state index contributed by atoms with van der Waals surface area (Å²) in [6, 6.07) is 0.